The number of phenols is 1. The molecule has 0 aliphatic rings. The molecule has 0 aliphatic heterocycles. The summed E-state index contributed by atoms with van der Waals surface area (Å²) in [7, 11) is 0. The highest BCUT2D eigenvalue weighted by atomic mass is 16.3. The zero-order valence-electron chi connectivity index (χ0n) is 15.8. The van der Waals surface area contributed by atoms with Gasteiger partial charge >= 0.3 is 0 Å². The van der Waals surface area contributed by atoms with Crippen molar-refractivity contribution < 1.29 is 9.52 Å². The van der Waals surface area contributed by atoms with Gasteiger partial charge in [-0.2, -0.15) is 0 Å². The molecule has 3 heterocycles. The number of hydrogen-bond acceptors (Lipinski definition) is 5. The first-order valence-corrected chi connectivity index (χ1v) is 9.60. The predicted octanol–water partition coefficient (Wildman–Crippen LogP) is 5.96. The molecule has 0 amide bonds. The quantitative estimate of drug-likeness (QED) is 0.370. The van der Waals surface area contributed by atoms with Crippen molar-refractivity contribution in [2.24, 2.45) is 0 Å². The van der Waals surface area contributed by atoms with E-state index in [-0.39, 0.29) is 5.75 Å². The highest BCUT2D eigenvalue weighted by molar-refractivity contribution is 6.03. The van der Waals surface area contributed by atoms with E-state index in [9.17, 15) is 5.11 Å². The number of rotatable bonds is 2. The topological polar surface area (TPSA) is 72.0 Å². The Kier molecular flexibility index (Phi) is 3.55. The number of fused-ring (bicyclic) bond motifs is 4. The van der Waals surface area contributed by atoms with Gasteiger partial charge in [0.2, 0.25) is 5.89 Å². The molecule has 0 bridgehead atoms. The van der Waals surface area contributed by atoms with Crippen LogP contribution in [0.3, 0.4) is 0 Å². The van der Waals surface area contributed by atoms with Crippen molar-refractivity contribution >= 4 is 32.9 Å². The van der Waals surface area contributed by atoms with Gasteiger partial charge in [-0.05, 0) is 42.5 Å². The van der Waals surface area contributed by atoms with Gasteiger partial charge in [0.25, 0.3) is 0 Å². The van der Waals surface area contributed by atoms with Gasteiger partial charge in [-0.3, -0.25) is 4.98 Å². The summed E-state index contributed by atoms with van der Waals surface area (Å²) in [6, 6.07) is 24.9. The summed E-state index contributed by atoms with van der Waals surface area (Å²) in [6.45, 7) is 0. The van der Waals surface area contributed by atoms with E-state index in [4.69, 9.17) is 9.40 Å². The van der Waals surface area contributed by atoms with E-state index >= 15 is 0 Å². The third-order valence-corrected chi connectivity index (χ3v) is 5.25. The average Bonchev–Trinajstić information content (AvgIpc) is 3.23. The molecule has 0 unspecified atom stereocenters. The molecule has 6 rings (SSSR count). The fourth-order valence-electron chi connectivity index (χ4n) is 3.74. The number of aromatic nitrogens is 3. The molecule has 3 aromatic carbocycles. The average molecular weight is 389 g/mol. The predicted molar refractivity (Wildman–Crippen MR) is 117 cm³/mol. The molecular formula is C25H15N3O2. The number of nitrogens with zero attached hydrogens (tertiary/aromatic N) is 3. The Bertz CT molecular complexity index is 1540. The minimum atomic E-state index is 0.109. The molecule has 3 aromatic heterocycles. The zero-order chi connectivity index (χ0) is 20.1. The lowest BCUT2D eigenvalue weighted by Crippen LogP contribution is -1.89. The van der Waals surface area contributed by atoms with Crippen LogP contribution in [0.25, 0.3) is 55.6 Å². The van der Waals surface area contributed by atoms with Gasteiger partial charge in [0.05, 0.1) is 22.3 Å². The Morgan fingerprint density at radius 2 is 1.57 bits per heavy atom. The Hall–Kier alpha value is -4.25. The van der Waals surface area contributed by atoms with E-state index in [1.807, 2.05) is 60.7 Å². The van der Waals surface area contributed by atoms with Gasteiger partial charge in [-0.1, -0.05) is 36.4 Å². The smallest absolute Gasteiger partial charge is 0.231 e. The van der Waals surface area contributed by atoms with E-state index in [2.05, 4.69) is 22.1 Å². The second-order valence-electron chi connectivity index (χ2n) is 7.13. The summed E-state index contributed by atoms with van der Waals surface area (Å²) < 4.78 is 5.85. The highest BCUT2D eigenvalue weighted by Gasteiger charge is 2.14. The SMILES string of the molecule is Oc1ccc(-c2ccc3ccc4cccnc4c3n2)cc1-c1nc2ccccc2o1. The molecule has 0 radical (unpaired) electrons. The first-order valence-electron chi connectivity index (χ1n) is 9.60. The minimum Gasteiger partial charge on any atom is -0.507 e. The Morgan fingerprint density at radius 1 is 0.733 bits per heavy atom. The molecule has 0 aliphatic carbocycles. The molecular weight excluding hydrogens is 374 g/mol. The van der Waals surface area contributed by atoms with Crippen molar-refractivity contribution in [3.05, 3.63) is 85.1 Å². The molecule has 5 heteroatoms. The van der Waals surface area contributed by atoms with Gasteiger partial charge < -0.3 is 9.52 Å². The van der Waals surface area contributed by atoms with Crippen molar-refractivity contribution in [1.29, 1.82) is 0 Å². The summed E-state index contributed by atoms with van der Waals surface area (Å²) in [5.41, 5.74) is 5.33. The van der Waals surface area contributed by atoms with E-state index in [0.717, 1.165) is 38.6 Å². The molecule has 0 saturated carbocycles. The van der Waals surface area contributed by atoms with E-state index in [1.165, 1.54) is 0 Å². The van der Waals surface area contributed by atoms with Crippen molar-refractivity contribution in [2.75, 3.05) is 0 Å². The lowest BCUT2D eigenvalue weighted by molar-refractivity contribution is 0.474. The fourth-order valence-corrected chi connectivity index (χ4v) is 3.74. The third-order valence-electron chi connectivity index (χ3n) is 5.25. The first-order chi connectivity index (χ1) is 14.8. The molecule has 0 saturated heterocycles. The van der Waals surface area contributed by atoms with E-state index in [1.54, 1.807) is 12.3 Å². The molecule has 30 heavy (non-hydrogen) atoms. The van der Waals surface area contributed by atoms with Crippen LogP contribution in [0.1, 0.15) is 0 Å². The van der Waals surface area contributed by atoms with E-state index in [0.29, 0.717) is 17.0 Å². The van der Waals surface area contributed by atoms with Crippen molar-refractivity contribution in [3.63, 3.8) is 0 Å². The number of para-hydroxylation sites is 2. The Morgan fingerprint density at radius 3 is 2.47 bits per heavy atom. The van der Waals surface area contributed by atoms with Crippen LogP contribution in [0.15, 0.2) is 89.5 Å². The van der Waals surface area contributed by atoms with Gasteiger partial charge in [-0.15, -0.1) is 0 Å². The summed E-state index contributed by atoms with van der Waals surface area (Å²) in [4.78, 5) is 13.9. The number of oxazole rings is 1. The largest absolute Gasteiger partial charge is 0.507 e. The lowest BCUT2D eigenvalue weighted by Gasteiger charge is -2.08. The number of aromatic hydroxyl groups is 1. The monoisotopic (exact) mass is 389 g/mol. The van der Waals surface area contributed by atoms with Crippen LogP contribution in [-0.4, -0.2) is 20.1 Å². The van der Waals surface area contributed by atoms with E-state index < -0.39 is 0 Å². The van der Waals surface area contributed by atoms with Crippen LogP contribution in [0, 0.1) is 0 Å². The summed E-state index contributed by atoms with van der Waals surface area (Å²) in [5.74, 6) is 0.488. The molecule has 5 nitrogen and oxygen atoms in total. The molecule has 142 valence electrons. The maximum Gasteiger partial charge on any atom is 0.231 e. The first kappa shape index (κ1) is 16.7. The Balaban J connectivity index is 1.53. The number of pyridine rings is 2. The van der Waals surface area contributed by atoms with Gasteiger partial charge in [0.1, 0.15) is 11.3 Å². The van der Waals surface area contributed by atoms with Gasteiger partial charge in [0, 0.05) is 22.5 Å². The summed E-state index contributed by atoms with van der Waals surface area (Å²) >= 11 is 0. The molecule has 0 fully saturated rings. The van der Waals surface area contributed by atoms with Gasteiger partial charge in [0.15, 0.2) is 5.58 Å². The standard InChI is InChI=1S/C25H15N3O2/c29-21-12-10-17(14-18(21)25-28-20-5-1-2-6-22(20)30-25)19-11-9-16-8-7-15-4-3-13-26-23(15)24(16)27-19/h1-14,29H. The van der Waals surface area contributed by atoms with Crippen LogP contribution < -0.4 is 0 Å². The van der Waals surface area contributed by atoms with Crippen LogP contribution in [-0.2, 0) is 0 Å². The van der Waals surface area contributed by atoms with Crippen LogP contribution in [0.2, 0.25) is 0 Å². The second-order valence-corrected chi connectivity index (χ2v) is 7.13. The molecule has 0 spiro atoms. The third kappa shape index (κ3) is 2.60. The molecule has 1 N–H and O–H groups in total. The normalized spacial score (nSPS) is 11.5. The Labute approximate surface area is 171 Å². The lowest BCUT2D eigenvalue weighted by atomic mass is 10.0. The number of phenolic OH excluding ortho intramolecular Hbond substituents is 1. The van der Waals surface area contributed by atoms with Crippen LogP contribution >= 0.6 is 0 Å². The second kappa shape index (κ2) is 6.39. The van der Waals surface area contributed by atoms with Crippen molar-refractivity contribution in [2.45, 2.75) is 0 Å². The minimum absolute atomic E-state index is 0.109. The number of hydrogen-bond donors (Lipinski definition) is 1. The van der Waals surface area contributed by atoms with Crippen LogP contribution in [0.5, 0.6) is 5.75 Å². The maximum absolute atomic E-state index is 10.4. The van der Waals surface area contributed by atoms with Crippen LogP contribution in [0.4, 0.5) is 0 Å². The molecule has 6 aromatic rings. The fraction of sp³-hybridized carbons (Fsp3) is 0. The van der Waals surface area contributed by atoms with Gasteiger partial charge in [-0.25, -0.2) is 9.97 Å². The van der Waals surface area contributed by atoms with Crippen molar-refractivity contribution in [1.82, 2.24) is 15.0 Å². The summed E-state index contributed by atoms with van der Waals surface area (Å²) in [6.07, 6.45) is 1.78. The molecule has 0 atom stereocenters. The maximum atomic E-state index is 10.4. The van der Waals surface area contributed by atoms with Crippen molar-refractivity contribution in [3.8, 4) is 28.5 Å². The number of benzene rings is 3. The zero-order valence-corrected chi connectivity index (χ0v) is 15.8. The highest BCUT2D eigenvalue weighted by Crippen LogP contribution is 2.35. The summed E-state index contributed by atoms with van der Waals surface area (Å²) in [5, 5.41) is 12.5.